The van der Waals surface area contributed by atoms with Gasteiger partial charge in [0.05, 0.1) is 5.56 Å². The molecule has 0 unspecified atom stereocenters. The van der Waals surface area contributed by atoms with Gasteiger partial charge in [0, 0.05) is 36.6 Å². The molecular weight excluding hydrogens is 640 g/mol. The first-order valence-electron chi connectivity index (χ1n) is 16.2. The van der Waals surface area contributed by atoms with Crippen molar-refractivity contribution < 1.29 is 22.4 Å². The van der Waals surface area contributed by atoms with E-state index in [0.717, 1.165) is 47.6 Å². The lowest BCUT2D eigenvalue weighted by molar-refractivity contribution is -0.137. The Morgan fingerprint density at radius 3 is 1.94 bits per heavy atom. The molecular formula is C37H42F4N4O2S. The maximum absolute atomic E-state index is 14.2. The molecule has 0 fully saturated rings. The van der Waals surface area contributed by atoms with Crippen LogP contribution in [0, 0.1) is 5.82 Å². The second kappa shape index (κ2) is 16.9. The smallest absolute Gasteiger partial charge is 0.336 e. The van der Waals surface area contributed by atoms with E-state index in [1.807, 2.05) is 47.6 Å². The van der Waals surface area contributed by atoms with E-state index in [2.05, 4.69) is 23.7 Å². The van der Waals surface area contributed by atoms with Gasteiger partial charge in [-0.2, -0.15) is 18.2 Å². The largest absolute Gasteiger partial charge is 0.416 e. The van der Waals surface area contributed by atoms with Crippen molar-refractivity contribution in [2.45, 2.75) is 70.7 Å². The van der Waals surface area contributed by atoms with Gasteiger partial charge in [-0.25, -0.2) is 4.39 Å². The van der Waals surface area contributed by atoms with Crippen molar-refractivity contribution in [3.05, 3.63) is 117 Å². The molecule has 0 saturated carbocycles. The van der Waals surface area contributed by atoms with Crippen LogP contribution in [0.1, 0.15) is 55.6 Å². The molecule has 48 heavy (non-hydrogen) atoms. The molecule has 256 valence electrons. The van der Waals surface area contributed by atoms with Crippen molar-refractivity contribution in [3.8, 4) is 11.1 Å². The van der Waals surface area contributed by atoms with Crippen LogP contribution in [0.25, 0.3) is 11.1 Å². The van der Waals surface area contributed by atoms with Crippen LogP contribution in [0.4, 0.5) is 17.6 Å². The van der Waals surface area contributed by atoms with Crippen molar-refractivity contribution >= 4 is 17.7 Å². The quantitative estimate of drug-likeness (QED) is 0.0727. The summed E-state index contributed by atoms with van der Waals surface area (Å²) in [5.74, 6) is -0.00394. The van der Waals surface area contributed by atoms with Gasteiger partial charge in [-0.05, 0) is 72.5 Å². The second-order valence-electron chi connectivity index (χ2n) is 11.4. The maximum atomic E-state index is 14.2. The summed E-state index contributed by atoms with van der Waals surface area (Å²) in [6, 6.07) is 18.7. The number of hydrogen-bond acceptors (Lipinski definition) is 5. The van der Waals surface area contributed by atoms with E-state index >= 15 is 0 Å². The van der Waals surface area contributed by atoms with E-state index in [9.17, 15) is 27.2 Å². The highest BCUT2D eigenvalue weighted by atomic mass is 32.2. The number of nitrogens with zero attached hydrogens (tertiary/aromatic N) is 4. The van der Waals surface area contributed by atoms with Gasteiger partial charge in [-0.3, -0.25) is 9.59 Å². The minimum atomic E-state index is -4.40. The summed E-state index contributed by atoms with van der Waals surface area (Å²) < 4.78 is 54.4. The fourth-order valence-electron chi connectivity index (χ4n) is 5.58. The third-order valence-electron chi connectivity index (χ3n) is 8.43. The molecule has 0 atom stereocenters. The fourth-order valence-corrected chi connectivity index (χ4v) is 6.55. The summed E-state index contributed by atoms with van der Waals surface area (Å²) >= 11 is 1.34. The van der Waals surface area contributed by atoms with Crippen LogP contribution in [-0.2, 0) is 42.7 Å². The van der Waals surface area contributed by atoms with Gasteiger partial charge in [0.2, 0.25) is 5.91 Å². The Balaban J connectivity index is 1.61. The number of carbonyl (C=O) groups excluding carboxylic acids is 1. The molecule has 1 heterocycles. The molecule has 4 rings (SSSR count). The average Bonchev–Trinajstić information content (AvgIpc) is 3.08. The van der Waals surface area contributed by atoms with Crippen molar-refractivity contribution in [2.24, 2.45) is 0 Å². The van der Waals surface area contributed by atoms with E-state index < -0.39 is 11.7 Å². The molecule has 0 saturated heterocycles. The Labute approximate surface area is 283 Å². The predicted molar refractivity (Wildman–Crippen MR) is 183 cm³/mol. The van der Waals surface area contributed by atoms with E-state index in [4.69, 9.17) is 0 Å². The van der Waals surface area contributed by atoms with Crippen molar-refractivity contribution in [2.75, 3.05) is 26.2 Å². The monoisotopic (exact) mass is 682 g/mol. The van der Waals surface area contributed by atoms with Gasteiger partial charge in [-0.15, -0.1) is 0 Å². The van der Waals surface area contributed by atoms with Crippen LogP contribution in [0.15, 0.2) is 82.7 Å². The van der Waals surface area contributed by atoms with Crippen LogP contribution in [0.3, 0.4) is 0 Å². The topological polar surface area (TPSA) is 58.4 Å². The maximum Gasteiger partial charge on any atom is 0.416 e. The molecule has 1 amide bonds. The Bertz CT molecular complexity index is 1700. The third-order valence-corrected chi connectivity index (χ3v) is 9.48. The molecule has 4 aromatic rings. The summed E-state index contributed by atoms with van der Waals surface area (Å²) in [4.78, 5) is 35.6. The lowest BCUT2D eigenvalue weighted by atomic mass is 10.0. The second-order valence-corrected chi connectivity index (χ2v) is 12.4. The van der Waals surface area contributed by atoms with Gasteiger partial charge >= 0.3 is 6.18 Å². The number of rotatable bonds is 15. The Hall–Kier alpha value is -3.96. The molecule has 1 aromatic heterocycles. The number of halogens is 4. The molecule has 6 nitrogen and oxygen atoms in total. The van der Waals surface area contributed by atoms with Crippen molar-refractivity contribution in [1.29, 1.82) is 0 Å². The molecule has 0 N–H and O–H groups in total. The van der Waals surface area contributed by atoms with Crippen LogP contribution >= 0.6 is 11.8 Å². The molecule has 0 radical (unpaired) electrons. The molecule has 0 spiro atoms. The highest BCUT2D eigenvalue weighted by Gasteiger charge is 2.30. The lowest BCUT2D eigenvalue weighted by Crippen LogP contribution is -2.40. The number of amides is 1. The van der Waals surface area contributed by atoms with Gasteiger partial charge in [0.25, 0.3) is 5.56 Å². The van der Waals surface area contributed by atoms with E-state index in [1.165, 1.54) is 36.0 Å². The Kier molecular flexibility index (Phi) is 13.0. The van der Waals surface area contributed by atoms with E-state index in [0.29, 0.717) is 54.5 Å². The number of thioether (sulfide) groups is 1. The first kappa shape index (κ1) is 36.9. The fraction of sp³-hybridized carbons (Fsp3) is 0.378. The van der Waals surface area contributed by atoms with Gasteiger partial charge < -0.3 is 14.4 Å². The zero-order chi connectivity index (χ0) is 34.8. The summed E-state index contributed by atoms with van der Waals surface area (Å²) in [6.07, 6.45) is -3.36. The zero-order valence-electron chi connectivity index (χ0n) is 27.8. The molecule has 3 aromatic carbocycles. The van der Waals surface area contributed by atoms with Crippen molar-refractivity contribution in [1.82, 2.24) is 19.4 Å². The molecule has 0 aliphatic heterocycles. The van der Waals surface area contributed by atoms with Crippen LogP contribution in [-0.4, -0.2) is 51.4 Å². The van der Waals surface area contributed by atoms with Gasteiger partial charge in [-0.1, -0.05) is 88.0 Å². The molecule has 0 bridgehead atoms. The number of hydrogen-bond donors (Lipinski definition) is 0. The molecule has 0 aliphatic carbocycles. The van der Waals surface area contributed by atoms with Crippen LogP contribution in [0.5, 0.6) is 0 Å². The summed E-state index contributed by atoms with van der Waals surface area (Å²) in [5.41, 5.74) is 3.56. The number of alkyl halides is 3. The van der Waals surface area contributed by atoms with Crippen LogP contribution < -0.4 is 5.56 Å². The Morgan fingerprint density at radius 1 is 0.812 bits per heavy atom. The van der Waals surface area contributed by atoms with Crippen molar-refractivity contribution in [3.63, 3.8) is 0 Å². The predicted octanol–water partition coefficient (Wildman–Crippen LogP) is 7.86. The minimum absolute atomic E-state index is 0.00288. The Morgan fingerprint density at radius 2 is 1.40 bits per heavy atom. The average molecular weight is 683 g/mol. The highest BCUT2D eigenvalue weighted by molar-refractivity contribution is 7.98. The molecule has 11 heteroatoms. The lowest BCUT2D eigenvalue weighted by Gasteiger charge is -2.28. The SMILES string of the molecule is CCc1c(CC)n(CC(=O)N(CCN(CC)CC)Cc2ccc(-c3ccc(C(F)(F)F)cc3)cc2)c(SCc2ccc(F)cc2)nc1=O. The minimum Gasteiger partial charge on any atom is -0.336 e. The van der Waals surface area contributed by atoms with Gasteiger partial charge in [0.15, 0.2) is 5.16 Å². The number of carbonyl (C=O) groups is 1. The number of aromatic nitrogens is 2. The summed E-state index contributed by atoms with van der Waals surface area (Å²) in [7, 11) is 0. The zero-order valence-corrected chi connectivity index (χ0v) is 28.6. The van der Waals surface area contributed by atoms with E-state index in [-0.39, 0.29) is 23.8 Å². The number of likely N-dealkylation sites (N-methyl/N-ethyl adjacent to an activating group) is 1. The van der Waals surface area contributed by atoms with E-state index in [1.54, 1.807) is 12.1 Å². The summed E-state index contributed by atoms with van der Waals surface area (Å²) in [5, 5.41) is 0.441. The highest BCUT2D eigenvalue weighted by Crippen LogP contribution is 2.31. The first-order valence-corrected chi connectivity index (χ1v) is 17.2. The molecule has 0 aliphatic rings. The first-order chi connectivity index (χ1) is 23.0. The van der Waals surface area contributed by atoms with Crippen LogP contribution in [0.2, 0.25) is 0 Å². The number of benzene rings is 3. The van der Waals surface area contributed by atoms with Gasteiger partial charge in [0.1, 0.15) is 12.4 Å². The normalized spacial score (nSPS) is 11.7. The third kappa shape index (κ3) is 9.56. The standard InChI is InChI=1S/C37H42F4N4O2S/c1-5-32-33(6-2)45(36(42-35(32)47)48-25-27-11-19-31(38)20-12-27)24-34(46)44(22-21-43(7-3)8-4)23-26-9-13-28(14-10-26)29-15-17-30(18-16-29)37(39,40)41/h9-20H,5-8,21-25H2,1-4H3. The summed E-state index contributed by atoms with van der Waals surface area (Å²) in [6.45, 7) is 11.2.